The molecule has 0 aliphatic heterocycles. The molecule has 7 heteroatoms. The Morgan fingerprint density at radius 1 is 1.27 bits per heavy atom. The molecule has 0 bridgehead atoms. The lowest BCUT2D eigenvalue weighted by molar-refractivity contribution is 0.0777. The minimum absolute atomic E-state index is 0.154. The first-order chi connectivity index (χ1) is 12.5. The number of aryl methyl sites for hydroxylation is 1. The Balaban J connectivity index is 1.95. The van der Waals surface area contributed by atoms with Crippen LogP contribution in [0, 0.1) is 6.92 Å². The third-order valence-electron chi connectivity index (χ3n) is 4.37. The molecule has 0 saturated heterocycles. The van der Waals surface area contributed by atoms with E-state index in [0.29, 0.717) is 11.4 Å². The first-order valence-electron chi connectivity index (χ1n) is 8.26. The van der Waals surface area contributed by atoms with Crippen LogP contribution in [-0.2, 0) is 6.54 Å². The maximum Gasteiger partial charge on any atom is 0.264 e. The van der Waals surface area contributed by atoms with E-state index in [-0.39, 0.29) is 29.6 Å². The predicted molar refractivity (Wildman–Crippen MR) is 95.8 cm³/mol. The minimum atomic E-state index is -0.369. The molecule has 0 spiro atoms. The number of carbonyl (C=O) groups excluding carboxylic acids is 1. The monoisotopic (exact) mass is 352 g/mol. The van der Waals surface area contributed by atoms with Crippen LogP contribution in [0.5, 0.6) is 0 Å². The van der Waals surface area contributed by atoms with E-state index in [1.54, 1.807) is 30.8 Å². The van der Waals surface area contributed by atoms with Gasteiger partial charge in [0.1, 0.15) is 5.56 Å². The fraction of sp³-hybridized carbons (Fsp3) is 0.263. The summed E-state index contributed by atoms with van der Waals surface area (Å²) in [6.45, 7) is 3.86. The van der Waals surface area contributed by atoms with E-state index in [0.717, 1.165) is 5.56 Å². The van der Waals surface area contributed by atoms with Crippen molar-refractivity contribution in [3.05, 3.63) is 81.9 Å². The molecule has 134 valence electrons. The fourth-order valence-corrected chi connectivity index (χ4v) is 2.84. The van der Waals surface area contributed by atoms with Gasteiger partial charge >= 0.3 is 0 Å². The summed E-state index contributed by atoms with van der Waals surface area (Å²) in [5, 5.41) is 3.70. The molecule has 0 radical (unpaired) electrons. The number of benzene rings is 1. The Hall–Kier alpha value is -3.22. The summed E-state index contributed by atoms with van der Waals surface area (Å²) >= 11 is 0. The van der Waals surface area contributed by atoms with Crippen LogP contribution in [0.25, 0.3) is 0 Å². The van der Waals surface area contributed by atoms with E-state index in [1.807, 2.05) is 37.3 Å². The van der Waals surface area contributed by atoms with E-state index in [2.05, 4.69) is 14.7 Å². The van der Waals surface area contributed by atoms with Gasteiger partial charge in [0.25, 0.3) is 11.5 Å². The average molecular weight is 352 g/mol. The summed E-state index contributed by atoms with van der Waals surface area (Å²) in [5.41, 5.74) is 1.47. The molecule has 1 aromatic carbocycles. The van der Waals surface area contributed by atoms with Gasteiger partial charge in [-0.15, -0.1) is 0 Å². The molecular formula is C19H20N4O3. The van der Waals surface area contributed by atoms with Gasteiger partial charge in [0.15, 0.2) is 5.82 Å². The van der Waals surface area contributed by atoms with Crippen molar-refractivity contribution in [2.75, 3.05) is 7.05 Å². The van der Waals surface area contributed by atoms with Gasteiger partial charge in [0.2, 0.25) is 6.39 Å². The van der Waals surface area contributed by atoms with Crippen LogP contribution < -0.4 is 5.56 Å². The number of nitrogens with zero attached hydrogens (tertiary/aromatic N) is 4. The van der Waals surface area contributed by atoms with E-state index < -0.39 is 0 Å². The molecule has 0 aliphatic carbocycles. The molecule has 2 aromatic heterocycles. The topological polar surface area (TPSA) is 81.2 Å². The zero-order valence-electron chi connectivity index (χ0n) is 14.9. The first kappa shape index (κ1) is 17.6. The summed E-state index contributed by atoms with van der Waals surface area (Å²) in [6, 6.07) is 11.3. The SMILES string of the molecule is Cc1ccn(C(C)c2ccccc2)c(=O)c1C(=O)N(C)Cc1ncon1. The molecule has 0 aliphatic rings. The molecule has 7 nitrogen and oxygen atoms in total. The van der Waals surface area contributed by atoms with Crippen molar-refractivity contribution in [1.82, 2.24) is 19.6 Å². The molecular weight excluding hydrogens is 332 g/mol. The molecule has 1 atom stereocenters. The number of rotatable bonds is 5. The lowest BCUT2D eigenvalue weighted by Crippen LogP contribution is -2.36. The fourth-order valence-electron chi connectivity index (χ4n) is 2.84. The van der Waals surface area contributed by atoms with Crippen molar-refractivity contribution in [2.24, 2.45) is 0 Å². The smallest absolute Gasteiger partial charge is 0.264 e. The number of amides is 1. The van der Waals surface area contributed by atoms with Crippen molar-refractivity contribution in [1.29, 1.82) is 0 Å². The van der Waals surface area contributed by atoms with Crippen molar-refractivity contribution in [2.45, 2.75) is 26.4 Å². The minimum Gasteiger partial charge on any atom is -0.343 e. The van der Waals surface area contributed by atoms with Crippen molar-refractivity contribution in [3.8, 4) is 0 Å². The van der Waals surface area contributed by atoms with Crippen LogP contribution in [-0.4, -0.2) is 32.6 Å². The van der Waals surface area contributed by atoms with Crippen LogP contribution in [0.1, 0.15) is 40.3 Å². The molecule has 1 unspecified atom stereocenters. The van der Waals surface area contributed by atoms with Gasteiger partial charge in [-0.3, -0.25) is 9.59 Å². The molecule has 3 aromatic rings. The van der Waals surface area contributed by atoms with Gasteiger partial charge in [0.05, 0.1) is 12.6 Å². The van der Waals surface area contributed by atoms with Gasteiger partial charge < -0.3 is 14.0 Å². The quantitative estimate of drug-likeness (QED) is 0.704. The van der Waals surface area contributed by atoms with Gasteiger partial charge in [-0.1, -0.05) is 35.5 Å². The lowest BCUT2D eigenvalue weighted by atomic mass is 10.1. The summed E-state index contributed by atoms with van der Waals surface area (Å²) < 4.78 is 6.26. The zero-order chi connectivity index (χ0) is 18.7. The Bertz CT molecular complexity index is 949. The van der Waals surface area contributed by atoms with Crippen LogP contribution in [0.15, 0.2) is 58.3 Å². The molecule has 26 heavy (non-hydrogen) atoms. The highest BCUT2D eigenvalue weighted by atomic mass is 16.5. The molecule has 0 saturated carbocycles. The van der Waals surface area contributed by atoms with Crippen molar-refractivity contribution in [3.63, 3.8) is 0 Å². The number of hydrogen-bond acceptors (Lipinski definition) is 5. The number of hydrogen-bond donors (Lipinski definition) is 0. The summed E-state index contributed by atoms with van der Waals surface area (Å²) in [5.74, 6) is 0.0133. The summed E-state index contributed by atoms with van der Waals surface area (Å²) in [7, 11) is 1.61. The summed E-state index contributed by atoms with van der Waals surface area (Å²) in [6.07, 6.45) is 2.93. The van der Waals surface area contributed by atoms with Crippen molar-refractivity contribution < 1.29 is 9.32 Å². The van der Waals surface area contributed by atoms with E-state index in [4.69, 9.17) is 0 Å². The van der Waals surface area contributed by atoms with Gasteiger partial charge in [-0.2, -0.15) is 4.98 Å². The normalized spacial score (nSPS) is 12.0. The molecule has 3 rings (SSSR count). The predicted octanol–water partition coefficient (Wildman–Crippen LogP) is 2.42. The maximum absolute atomic E-state index is 13.0. The first-order valence-corrected chi connectivity index (χ1v) is 8.26. The lowest BCUT2D eigenvalue weighted by Gasteiger charge is -2.20. The summed E-state index contributed by atoms with van der Waals surface area (Å²) in [4.78, 5) is 31.2. The van der Waals surface area contributed by atoms with Gasteiger partial charge in [-0.05, 0) is 31.0 Å². The highest BCUT2D eigenvalue weighted by Gasteiger charge is 2.22. The second-order valence-electron chi connectivity index (χ2n) is 6.18. The van der Waals surface area contributed by atoms with Crippen molar-refractivity contribution >= 4 is 5.91 Å². The van der Waals surface area contributed by atoms with Crippen LogP contribution in [0.4, 0.5) is 0 Å². The molecule has 0 N–H and O–H groups in total. The standard InChI is InChI=1S/C19H20N4O3/c1-13-9-10-23(14(2)15-7-5-4-6-8-15)19(25)17(13)18(24)22(3)11-16-20-12-26-21-16/h4-10,12,14H,11H2,1-3H3. The Morgan fingerprint density at radius 3 is 2.65 bits per heavy atom. The third-order valence-corrected chi connectivity index (χ3v) is 4.37. The molecule has 0 fully saturated rings. The highest BCUT2D eigenvalue weighted by molar-refractivity contribution is 5.95. The van der Waals surface area contributed by atoms with Crippen LogP contribution in [0.2, 0.25) is 0 Å². The Kier molecular flexibility index (Phi) is 4.97. The number of carbonyl (C=O) groups is 1. The van der Waals surface area contributed by atoms with Crippen LogP contribution in [0.3, 0.4) is 0 Å². The number of pyridine rings is 1. The average Bonchev–Trinajstić information content (AvgIpc) is 3.15. The van der Waals surface area contributed by atoms with Gasteiger partial charge in [0, 0.05) is 13.2 Å². The molecule has 2 heterocycles. The number of aromatic nitrogens is 3. The van der Waals surface area contributed by atoms with E-state index in [1.165, 1.54) is 11.3 Å². The largest absolute Gasteiger partial charge is 0.343 e. The highest BCUT2D eigenvalue weighted by Crippen LogP contribution is 2.17. The van der Waals surface area contributed by atoms with E-state index in [9.17, 15) is 9.59 Å². The Labute approximate surface area is 150 Å². The second-order valence-corrected chi connectivity index (χ2v) is 6.18. The third kappa shape index (κ3) is 3.42. The zero-order valence-corrected chi connectivity index (χ0v) is 14.9. The van der Waals surface area contributed by atoms with E-state index >= 15 is 0 Å². The second kappa shape index (κ2) is 7.35. The Morgan fingerprint density at radius 2 is 2.00 bits per heavy atom. The maximum atomic E-state index is 13.0. The van der Waals surface area contributed by atoms with Crippen LogP contribution >= 0.6 is 0 Å². The molecule has 1 amide bonds. The van der Waals surface area contributed by atoms with Gasteiger partial charge in [-0.25, -0.2) is 0 Å².